The molecule has 0 radical (unpaired) electrons. The van der Waals surface area contributed by atoms with Gasteiger partial charge in [0.05, 0.1) is 24.0 Å². The maximum atomic E-state index is 13.5. The first-order valence-electron chi connectivity index (χ1n) is 13.1. The Labute approximate surface area is 234 Å². The number of aromatic nitrogens is 3. The number of nitrogens with one attached hydrogen (secondary N) is 2. The molecule has 1 aliphatic carbocycles. The molecule has 2 amide bonds. The van der Waals surface area contributed by atoms with Crippen LogP contribution in [0.2, 0.25) is 0 Å². The Hall–Kier alpha value is -3.25. The van der Waals surface area contributed by atoms with Crippen LogP contribution in [0.25, 0.3) is 0 Å². The van der Waals surface area contributed by atoms with Gasteiger partial charge in [-0.1, -0.05) is 31.2 Å². The Morgan fingerprint density at radius 3 is 2.79 bits per heavy atom. The summed E-state index contributed by atoms with van der Waals surface area (Å²) in [5.74, 6) is -1.02. The number of rotatable bonds is 12. The molecule has 0 bridgehead atoms. The zero-order valence-electron chi connectivity index (χ0n) is 22.2. The number of thioether (sulfide) groups is 1. The number of ether oxygens (including phenoxy) is 1. The van der Waals surface area contributed by atoms with Gasteiger partial charge in [0.15, 0.2) is 11.0 Å². The number of carbonyl (C=O) groups is 3. The van der Waals surface area contributed by atoms with Crippen LogP contribution in [0.3, 0.4) is 0 Å². The van der Waals surface area contributed by atoms with Crippen LogP contribution < -0.4 is 10.6 Å². The van der Waals surface area contributed by atoms with Crippen molar-refractivity contribution in [2.45, 2.75) is 76.4 Å². The molecular formula is C27H32FN5O4S2. The van der Waals surface area contributed by atoms with E-state index in [4.69, 9.17) is 4.74 Å². The third-order valence-corrected chi connectivity index (χ3v) is 8.60. The van der Waals surface area contributed by atoms with Gasteiger partial charge in [0, 0.05) is 17.0 Å². The molecule has 2 N–H and O–H groups in total. The van der Waals surface area contributed by atoms with Gasteiger partial charge < -0.3 is 19.9 Å². The number of nitrogens with zero attached hydrogens (tertiary/aromatic N) is 3. The number of aryl methyl sites for hydroxylation is 1. The number of hydrogen-bond acceptors (Lipinski definition) is 8. The molecule has 4 rings (SSSR count). The third kappa shape index (κ3) is 6.85. The van der Waals surface area contributed by atoms with Crippen molar-refractivity contribution in [3.05, 3.63) is 57.5 Å². The molecule has 2 heterocycles. The number of unbranched alkanes of at least 4 members (excludes halogenated alkanes) is 1. The first-order valence-corrected chi connectivity index (χ1v) is 14.8. The van der Waals surface area contributed by atoms with Gasteiger partial charge in [0.2, 0.25) is 5.91 Å². The summed E-state index contributed by atoms with van der Waals surface area (Å²) >= 11 is 2.70. The Balaban J connectivity index is 1.45. The molecule has 0 saturated carbocycles. The van der Waals surface area contributed by atoms with Crippen molar-refractivity contribution in [1.82, 2.24) is 20.1 Å². The van der Waals surface area contributed by atoms with Crippen LogP contribution in [-0.2, 0) is 35.5 Å². The minimum absolute atomic E-state index is 0.108. The predicted octanol–water partition coefficient (Wildman–Crippen LogP) is 4.99. The summed E-state index contributed by atoms with van der Waals surface area (Å²) in [6, 6.07) is 5.47. The second-order valence-corrected chi connectivity index (χ2v) is 11.5. The molecule has 0 aliphatic heterocycles. The number of esters is 1. The lowest BCUT2D eigenvalue weighted by Crippen LogP contribution is -2.25. The minimum atomic E-state index is -0.531. The molecule has 1 atom stereocenters. The van der Waals surface area contributed by atoms with E-state index in [1.165, 1.54) is 47.4 Å². The van der Waals surface area contributed by atoms with E-state index in [1.807, 2.05) is 4.57 Å². The Morgan fingerprint density at radius 2 is 2.05 bits per heavy atom. The summed E-state index contributed by atoms with van der Waals surface area (Å²) in [6.45, 7) is 6.60. The first kappa shape index (κ1) is 28.8. The lowest BCUT2D eigenvalue weighted by molar-refractivity contribution is -0.115. The highest BCUT2D eigenvalue weighted by atomic mass is 32.2. The molecule has 1 aliphatic rings. The van der Waals surface area contributed by atoms with Gasteiger partial charge in [0.25, 0.3) is 5.91 Å². The summed E-state index contributed by atoms with van der Waals surface area (Å²) in [5, 5.41) is 14.8. The molecule has 0 saturated heterocycles. The van der Waals surface area contributed by atoms with E-state index in [0.29, 0.717) is 28.1 Å². The quantitative estimate of drug-likeness (QED) is 0.232. The van der Waals surface area contributed by atoms with Crippen LogP contribution in [-0.4, -0.2) is 44.4 Å². The average molecular weight is 574 g/mol. The Kier molecular flexibility index (Phi) is 9.73. The van der Waals surface area contributed by atoms with Crippen LogP contribution in [0.4, 0.5) is 9.39 Å². The van der Waals surface area contributed by atoms with Gasteiger partial charge in [-0.15, -0.1) is 21.5 Å². The predicted molar refractivity (Wildman–Crippen MR) is 149 cm³/mol. The highest BCUT2D eigenvalue weighted by Crippen LogP contribution is 2.40. The molecule has 0 spiro atoms. The van der Waals surface area contributed by atoms with Crippen LogP contribution in [0.15, 0.2) is 29.4 Å². The maximum Gasteiger partial charge on any atom is 0.341 e. The van der Waals surface area contributed by atoms with Crippen molar-refractivity contribution in [3.63, 3.8) is 0 Å². The second-order valence-electron chi connectivity index (χ2n) is 9.13. The fourth-order valence-electron chi connectivity index (χ4n) is 4.31. The molecule has 1 unspecified atom stereocenters. The number of fused-ring (bicyclic) bond motifs is 1. The molecule has 9 nitrogen and oxygen atoms in total. The number of anilines is 1. The molecule has 0 fully saturated rings. The molecule has 39 heavy (non-hydrogen) atoms. The summed E-state index contributed by atoms with van der Waals surface area (Å²) in [5.41, 5.74) is 1.68. The highest BCUT2D eigenvalue weighted by molar-refractivity contribution is 8.00. The zero-order chi connectivity index (χ0) is 27.9. The topological polar surface area (TPSA) is 115 Å². The van der Waals surface area contributed by atoms with Crippen LogP contribution in [0, 0.1) is 5.82 Å². The van der Waals surface area contributed by atoms with Crippen LogP contribution in [0.5, 0.6) is 0 Å². The number of hydrogen-bond donors (Lipinski definition) is 2. The van der Waals surface area contributed by atoms with E-state index in [-0.39, 0.29) is 24.6 Å². The van der Waals surface area contributed by atoms with Crippen molar-refractivity contribution in [3.8, 4) is 0 Å². The highest BCUT2D eigenvalue weighted by Gasteiger charge is 2.29. The zero-order valence-corrected chi connectivity index (χ0v) is 23.8. The lowest BCUT2D eigenvalue weighted by Gasteiger charge is -2.14. The number of benzene rings is 1. The van der Waals surface area contributed by atoms with Crippen molar-refractivity contribution in [1.29, 1.82) is 0 Å². The van der Waals surface area contributed by atoms with E-state index in [0.717, 1.165) is 42.5 Å². The van der Waals surface area contributed by atoms with Crippen molar-refractivity contribution >= 4 is 45.9 Å². The van der Waals surface area contributed by atoms with Gasteiger partial charge in [-0.3, -0.25) is 9.59 Å². The van der Waals surface area contributed by atoms with Crippen molar-refractivity contribution < 1.29 is 23.5 Å². The monoisotopic (exact) mass is 573 g/mol. The Bertz CT molecular complexity index is 1360. The van der Waals surface area contributed by atoms with E-state index in [2.05, 4.69) is 27.8 Å². The molecule has 3 aromatic rings. The second kappa shape index (κ2) is 13.2. The van der Waals surface area contributed by atoms with Crippen molar-refractivity contribution in [2.24, 2.45) is 0 Å². The molecule has 1 aromatic carbocycles. The number of thiophene rings is 1. The van der Waals surface area contributed by atoms with Gasteiger partial charge in [0.1, 0.15) is 10.8 Å². The largest absolute Gasteiger partial charge is 0.462 e. The fraction of sp³-hybridized carbons (Fsp3) is 0.444. The molecule has 208 valence electrons. The molecule has 12 heteroatoms. The van der Waals surface area contributed by atoms with Gasteiger partial charge in [-0.05, 0) is 63.3 Å². The standard InChI is InChI=1S/C27H32FN5O4S2/c1-4-6-13-33-21(15-29-24(35)17-9-7-10-18(28)14-17)31-32-27(33)38-16(3)23(34)30-25-22(26(36)37-5-2)19-11-8-12-20(19)39-25/h7,9-10,14,16H,4-6,8,11-13,15H2,1-3H3,(H,29,35)(H,30,34). The van der Waals surface area contributed by atoms with E-state index in [9.17, 15) is 18.8 Å². The SMILES string of the molecule is CCCCn1c(CNC(=O)c2cccc(F)c2)nnc1SC(C)C(=O)Nc1sc2c(c1C(=O)OCC)CCC2. The van der Waals surface area contributed by atoms with E-state index in [1.54, 1.807) is 13.8 Å². The maximum absolute atomic E-state index is 13.5. The van der Waals surface area contributed by atoms with Crippen molar-refractivity contribution in [2.75, 3.05) is 11.9 Å². The summed E-state index contributed by atoms with van der Waals surface area (Å²) < 4.78 is 20.7. The average Bonchev–Trinajstić information content (AvgIpc) is 3.60. The molecular weight excluding hydrogens is 541 g/mol. The Morgan fingerprint density at radius 1 is 1.23 bits per heavy atom. The summed E-state index contributed by atoms with van der Waals surface area (Å²) in [6.07, 6.45) is 4.49. The smallest absolute Gasteiger partial charge is 0.341 e. The van der Waals surface area contributed by atoms with E-state index >= 15 is 0 Å². The van der Waals surface area contributed by atoms with Gasteiger partial charge in [-0.25, -0.2) is 9.18 Å². The van der Waals surface area contributed by atoms with Crippen LogP contribution >= 0.6 is 23.1 Å². The molecule has 2 aromatic heterocycles. The number of halogens is 1. The fourth-order valence-corrected chi connectivity index (χ4v) is 6.48. The normalized spacial score (nSPS) is 13.1. The third-order valence-electron chi connectivity index (χ3n) is 6.31. The van der Waals surface area contributed by atoms with Crippen LogP contribution in [0.1, 0.15) is 77.0 Å². The first-order chi connectivity index (χ1) is 18.8. The summed E-state index contributed by atoms with van der Waals surface area (Å²) in [7, 11) is 0. The number of amides is 2. The van der Waals surface area contributed by atoms with Gasteiger partial charge >= 0.3 is 5.97 Å². The lowest BCUT2D eigenvalue weighted by atomic mass is 10.1. The van der Waals surface area contributed by atoms with Gasteiger partial charge in [-0.2, -0.15) is 0 Å². The number of carbonyl (C=O) groups excluding carboxylic acids is 3. The van der Waals surface area contributed by atoms with E-state index < -0.39 is 22.9 Å². The minimum Gasteiger partial charge on any atom is -0.462 e. The summed E-state index contributed by atoms with van der Waals surface area (Å²) in [4.78, 5) is 39.4.